The van der Waals surface area contributed by atoms with Gasteiger partial charge in [0.15, 0.2) is 0 Å². The van der Waals surface area contributed by atoms with Crippen LogP contribution in [0.1, 0.15) is 36.5 Å². The lowest BCUT2D eigenvalue weighted by molar-refractivity contribution is 0.269. The fourth-order valence-corrected chi connectivity index (χ4v) is 9.61. The Hall–Kier alpha value is -6.78. The molecule has 0 saturated carbocycles. The molecule has 2 aliphatic heterocycles. The molecule has 262 valence electrons. The van der Waals surface area contributed by atoms with Gasteiger partial charge in [0.25, 0.3) is 0 Å². The molecule has 2 unspecified atom stereocenters. The van der Waals surface area contributed by atoms with Gasteiger partial charge in [0, 0.05) is 49.8 Å². The van der Waals surface area contributed by atoms with Crippen molar-refractivity contribution in [3.05, 3.63) is 187 Å². The van der Waals surface area contributed by atoms with Gasteiger partial charge >= 0.3 is 0 Å². The Labute approximate surface area is 318 Å². The third-order valence-electron chi connectivity index (χ3n) is 12.3. The molecule has 0 spiro atoms. The number of aromatic nitrogens is 1. The molecule has 0 radical (unpaired) electrons. The maximum absolute atomic E-state index is 6.34. The van der Waals surface area contributed by atoms with Gasteiger partial charge in [-0.25, -0.2) is 0 Å². The number of ether oxygens (including phenoxy) is 1. The van der Waals surface area contributed by atoms with Crippen molar-refractivity contribution in [2.75, 3.05) is 4.90 Å². The summed E-state index contributed by atoms with van der Waals surface area (Å²) in [5.74, 6) is 1.20. The molecule has 9 aromatic rings. The van der Waals surface area contributed by atoms with Crippen LogP contribution < -0.4 is 9.64 Å². The zero-order valence-corrected chi connectivity index (χ0v) is 30.5. The van der Waals surface area contributed by atoms with Crippen LogP contribution >= 0.6 is 0 Å². The van der Waals surface area contributed by atoms with Gasteiger partial charge in [0.1, 0.15) is 23.0 Å². The van der Waals surface area contributed by atoms with E-state index in [1.54, 1.807) is 0 Å². The Balaban J connectivity index is 1.00. The number of allylic oxidation sites excluding steroid dienone is 2. The van der Waals surface area contributed by atoms with Gasteiger partial charge in [-0.1, -0.05) is 98.8 Å². The van der Waals surface area contributed by atoms with Crippen LogP contribution in [0.4, 0.5) is 17.1 Å². The summed E-state index contributed by atoms with van der Waals surface area (Å²) < 4.78 is 14.9. The molecule has 2 atom stereocenters. The molecule has 2 aromatic heterocycles. The number of benzene rings is 7. The summed E-state index contributed by atoms with van der Waals surface area (Å²) in [4.78, 5) is 2.45. The topological polar surface area (TPSA) is 30.5 Å². The van der Waals surface area contributed by atoms with Crippen LogP contribution in [-0.2, 0) is 5.41 Å². The molecule has 4 nitrogen and oxygen atoms in total. The van der Waals surface area contributed by atoms with Gasteiger partial charge in [-0.3, -0.25) is 0 Å². The van der Waals surface area contributed by atoms with Crippen LogP contribution in [-0.4, -0.2) is 10.7 Å². The standard InChI is InChI=1S/C51H36N2O2/c1-51(2)41-14-6-8-16-45(41)53(34-22-26-50-40(30-34)37-13-5-10-18-48(37)55-50)46-24-20-32(28-42(46)51)31-19-23-44-38(27-31)35-11-3-7-15-43(35)52(44)33-21-25-49-39(29-33)36-12-4-9-17-47(36)54-49/h3-30,37,48H,1-2H3. The first-order valence-electron chi connectivity index (χ1n) is 19.2. The third-order valence-corrected chi connectivity index (χ3v) is 12.3. The second-order valence-corrected chi connectivity index (χ2v) is 15.7. The van der Waals surface area contributed by atoms with Gasteiger partial charge in [-0.2, -0.15) is 0 Å². The Morgan fingerprint density at radius 1 is 0.527 bits per heavy atom. The molecule has 0 fully saturated rings. The Kier molecular flexibility index (Phi) is 6.20. The minimum absolute atomic E-state index is 0.0598. The Morgan fingerprint density at radius 3 is 2.20 bits per heavy atom. The van der Waals surface area contributed by atoms with Gasteiger partial charge in [-0.05, 0) is 107 Å². The molecule has 1 aliphatic carbocycles. The summed E-state index contributed by atoms with van der Waals surface area (Å²) in [7, 11) is 0. The maximum Gasteiger partial charge on any atom is 0.135 e. The minimum Gasteiger partial charge on any atom is -0.485 e. The van der Waals surface area contributed by atoms with Crippen LogP contribution in [0, 0.1) is 0 Å². The summed E-state index contributed by atoms with van der Waals surface area (Å²) in [5, 5.41) is 4.74. The fraction of sp³-hybridized carbons (Fsp3) is 0.0980. The molecular weight excluding hydrogens is 673 g/mol. The van der Waals surface area contributed by atoms with Crippen molar-refractivity contribution in [2.24, 2.45) is 0 Å². The maximum atomic E-state index is 6.34. The highest BCUT2D eigenvalue weighted by molar-refractivity contribution is 6.11. The number of fused-ring (bicyclic) bond motifs is 11. The van der Waals surface area contributed by atoms with E-state index >= 15 is 0 Å². The number of hydrogen-bond acceptors (Lipinski definition) is 3. The van der Waals surface area contributed by atoms with Gasteiger partial charge in [0.2, 0.25) is 0 Å². The highest BCUT2D eigenvalue weighted by Crippen LogP contribution is 2.54. The van der Waals surface area contributed by atoms with Crippen molar-refractivity contribution >= 4 is 60.8 Å². The lowest BCUT2D eigenvalue weighted by atomic mass is 9.73. The molecule has 3 aliphatic rings. The minimum atomic E-state index is -0.212. The molecule has 0 amide bonds. The fourth-order valence-electron chi connectivity index (χ4n) is 9.61. The van der Waals surface area contributed by atoms with Crippen molar-refractivity contribution in [1.82, 2.24) is 4.57 Å². The smallest absolute Gasteiger partial charge is 0.135 e. The first-order chi connectivity index (χ1) is 27.0. The van der Waals surface area contributed by atoms with Crippen molar-refractivity contribution in [3.8, 4) is 22.6 Å². The Bertz CT molecular complexity index is 3140. The van der Waals surface area contributed by atoms with Crippen LogP contribution in [0.2, 0.25) is 0 Å². The summed E-state index contributed by atoms with van der Waals surface area (Å²) in [6.07, 6.45) is 8.71. The van der Waals surface area contributed by atoms with Crippen molar-refractivity contribution < 1.29 is 9.15 Å². The summed E-state index contributed by atoms with van der Waals surface area (Å²) in [5.41, 5.74) is 15.0. The SMILES string of the molecule is CC1(C)c2ccccc2N(c2ccc3c(c2)C2C=CC=CC2O3)c2ccc(-c3ccc4c(c3)c3ccccc3n4-c3ccc4oc5ccccc5c4c3)cc21. The van der Waals surface area contributed by atoms with Gasteiger partial charge in [-0.15, -0.1) is 0 Å². The lowest BCUT2D eigenvalue weighted by Crippen LogP contribution is -2.30. The third kappa shape index (κ3) is 4.34. The molecule has 0 N–H and O–H groups in total. The molecule has 12 rings (SSSR count). The quantitative estimate of drug-likeness (QED) is 0.183. The number of nitrogens with zero attached hydrogens (tertiary/aromatic N) is 2. The van der Waals surface area contributed by atoms with E-state index in [0.717, 1.165) is 39.1 Å². The second-order valence-electron chi connectivity index (χ2n) is 15.7. The predicted molar refractivity (Wildman–Crippen MR) is 226 cm³/mol. The van der Waals surface area contributed by atoms with Gasteiger partial charge < -0.3 is 18.6 Å². The normalized spacial score (nSPS) is 17.7. The highest BCUT2D eigenvalue weighted by Gasteiger charge is 2.38. The summed E-state index contributed by atoms with van der Waals surface area (Å²) in [6, 6.07) is 53.2. The van der Waals surface area contributed by atoms with Crippen molar-refractivity contribution in [3.63, 3.8) is 0 Å². The van der Waals surface area contributed by atoms with E-state index in [4.69, 9.17) is 9.15 Å². The highest BCUT2D eigenvalue weighted by atomic mass is 16.5. The van der Waals surface area contributed by atoms with Gasteiger partial charge in [0.05, 0.1) is 22.4 Å². The number of furan rings is 1. The number of hydrogen-bond donors (Lipinski definition) is 0. The summed E-state index contributed by atoms with van der Waals surface area (Å²) in [6.45, 7) is 4.73. The van der Waals surface area contributed by atoms with E-state index in [1.165, 1.54) is 61.0 Å². The van der Waals surface area contributed by atoms with Crippen LogP contribution in [0.3, 0.4) is 0 Å². The zero-order chi connectivity index (χ0) is 36.4. The largest absolute Gasteiger partial charge is 0.485 e. The lowest BCUT2D eigenvalue weighted by Gasteiger charge is -2.42. The molecule has 4 heterocycles. The number of rotatable bonds is 3. The Morgan fingerprint density at radius 2 is 1.25 bits per heavy atom. The molecule has 55 heavy (non-hydrogen) atoms. The average Bonchev–Trinajstić information content (AvgIpc) is 3.90. The van der Waals surface area contributed by atoms with Crippen molar-refractivity contribution in [2.45, 2.75) is 31.3 Å². The first kappa shape index (κ1) is 30.7. The van der Waals surface area contributed by atoms with E-state index in [0.29, 0.717) is 0 Å². The van der Waals surface area contributed by atoms with E-state index in [2.05, 4.69) is 181 Å². The van der Waals surface area contributed by atoms with E-state index < -0.39 is 0 Å². The number of anilines is 3. The molecule has 7 aromatic carbocycles. The van der Waals surface area contributed by atoms with E-state index in [1.807, 2.05) is 12.1 Å². The molecule has 4 heteroatoms. The van der Waals surface area contributed by atoms with Crippen LogP contribution in [0.15, 0.2) is 174 Å². The average molecular weight is 709 g/mol. The molecular formula is C51H36N2O2. The van der Waals surface area contributed by atoms with E-state index in [9.17, 15) is 0 Å². The zero-order valence-electron chi connectivity index (χ0n) is 30.5. The van der Waals surface area contributed by atoms with E-state index in [-0.39, 0.29) is 17.4 Å². The second kappa shape index (κ2) is 11.1. The van der Waals surface area contributed by atoms with Crippen LogP contribution in [0.5, 0.6) is 5.75 Å². The van der Waals surface area contributed by atoms with Crippen molar-refractivity contribution in [1.29, 1.82) is 0 Å². The van der Waals surface area contributed by atoms with Crippen LogP contribution in [0.25, 0.3) is 60.6 Å². The summed E-state index contributed by atoms with van der Waals surface area (Å²) >= 11 is 0. The predicted octanol–water partition coefficient (Wildman–Crippen LogP) is 13.4. The first-order valence-corrected chi connectivity index (χ1v) is 19.2. The molecule has 0 saturated heterocycles. The number of para-hydroxylation sites is 3. The monoisotopic (exact) mass is 708 g/mol. The molecule has 0 bridgehead atoms.